The van der Waals surface area contributed by atoms with Gasteiger partial charge in [0.2, 0.25) is 0 Å². The first-order valence-corrected chi connectivity index (χ1v) is 7.50. The molecule has 1 fully saturated rings. The van der Waals surface area contributed by atoms with Crippen molar-refractivity contribution < 1.29 is 0 Å². The van der Waals surface area contributed by atoms with E-state index in [9.17, 15) is 4.79 Å². The zero-order valence-electron chi connectivity index (χ0n) is 10.3. The molecule has 1 aliphatic carbocycles. The van der Waals surface area contributed by atoms with Gasteiger partial charge in [-0.2, -0.15) is 11.8 Å². The fraction of sp³-hybridized carbons (Fsp3) is 0.615. The molecule has 0 amide bonds. The van der Waals surface area contributed by atoms with Gasteiger partial charge in [0.15, 0.2) is 0 Å². The minimum Gasteiger partial charge on any atom is -0.314 e. The molecule has 94 valence electrons. The van der Waals surface area contributed by atoms with E-state index in [0.29, 0.717) is 6.04 Å². The lowest BCUT2D eigenvalue weighted by molar-refractivity contribution is 0.493. The molecule has 1 aliphatic rings. The van der Waals surface area contributed by atoms with Gasteiger partial charge in [0.25, 0.3) is 5.56 Å². The van der Waals surface area contributed by atoms with Gasteiger partial charge in [-0.15, -0.1) is 0 Å². The third-order valence-electron chi connectivity index (χ3n) is 3.40. The molecule has 17 heavy (non-hydrogen) atoms. The highest BCUT2D eigenvalue weighted by Gasteiger charge is 2.22. The van der Waals surface area contributed by atoms with Gasteiger partial charge in [0.1, 0.15) is 0 Å². The summed E-state index contributed by atoms with van der Waals surface area (Å²) in [5, 5.41) is 4.37. The zero-order valence-corrected chi connectivity index (χ0v) is 11.1. The molecule has 0 bridgehead atoms. The van der Waals surface area contributed by atoms with E-state index in [-0.39, 0.29) is 5.56 Å². The summed E-state index contributed by atoms with van der Waals surface area (Å²) in [6.45, 7) is 1.65. The fourth-order valence-corrected chi connectivity index (χ4v) is 3.17. The summed E-state index contributed by atoms with van der Waals surface area (Å²) in [6.07, 6.45) is 7.91. The monoisotopic (exact) mass is 252 g/mol. The molecule has 0 radical (unpaired) electrons. The molecule has 1 saturated carbocycles. The van der Waals surface area contributed by atoms with E-state index in [0.717, 1.165) is 18.3 Å². The molecule has 1 aromatic heterocycles. The molecule has 1 N–H and O–H groups in total. The smallest absolute Gasteiger partial charge is 0.250 e. The van der Waals surface area contributed by atoms with Gasteiger partial charge in [-0.05, 0) is 31.6 Å². The number of nitrogens with one attached hydrogen (secondary N) is 1. The summed E-state index contributed by atoms with van der Waals surface area (Å²) in [4.78, 5) is 11.5. The second kappa shape index (κ2) is 6.26. The number of nitrogens with zero attached hydrogens (tertiary/aromatic N) is 1. The molecule has 2 rings (SSSR count). The second-order valence-electron chi connectivity index (χ2n) is 4.55. The van der Waals surface area contributed by atoms with E-state index < -0.39 is 0 Å². The summed E-state index contributed by atoms with van der Waals surface area (Å²) >= 11 is 1.97. The number of hydrogen-bond donors (Lipinski definition) is 1. The third-order valence-corrected chi connectivity index (χ3v) is 4.50. The Morgan fingerprint density at radius 2 is 2.35 bits per heavy atom. The van der Waals surface area contributed by atoms with Crippen molar-refractivity contribution in [2.75, 3.05) is 12.8 Å². The lowest BCUT2D eigenvalue weighted by atomic mass is 10.2. The Hall–Kier alpha value is -0.740. The fourth-order valence-electron chi connectivity index (χ4n) is 2.37. The SMILES string of the molecule is CSC1CCC(NCCn2ccccc2=O)C1. The highest BCUT2D eigenvalue weighted by Crippen LogP contribution is 2.27. The lowest BCUT2D eigenvalue weighted by Gasteiger charge is -2.13. The predicted molar refractivity (Wildman–Crippen MR) is 73.6 cm³/mol. The Balaban J connectivity index is 1.74. The number of hydrogen-bond acceptors (Lipinski definition) is 3. The normalized spacial score (nSPS) is 24.1. The van der Waals surface area contributed by atoms with Crippen molar-refractivity contribution in [3.05, 3.63) is 34.7 Å². The Morgan fingerprint density at radius 3 is 3.06 bits per heavy atom. The Labute approximate surface area is 107 Å². The van der Waals surface area contributed by atoms with Crippen molar-refractivity contribution in [1.82, 2.24) is 9.88 Å². The minimum atomic E-state index is 0.0858. The number of aromatic nitrogens is 1. The average molecular weight is 252 g/mol. The maximum absolute atomic E-state index is 11.5. The topological polar surface area (TPSA) is 34.0 Å². The van der Waals surface area contributed by atoms with Gasteiger partial charge in [-0.1, -0.05) is 6.07 Å². The van der Waals surface area contributed by atoms with E-state index >= 15 is 0 Å². The van der Waals surface area contributed by atoms with Crippen LogP contribution in [-0.4, -0.2) is 28.7 Å². The van der Waals surface area contributed by atoms with Gasteiger partial charge in [-0.25, -0.2) is 0 Å². The van der Waals surface area contributed by atoms with Crippen LogP contribution in [0.2, 0.25) is 0 Å². The lowest BCUT2D eigenvalue weighted by Crippen LogP contribution is -2.32. The van der Waals surface area contributed by atoms with Crippen molar-refractivity contribution in [3.8, 4) is 0 Å². The predicted octanol–water partition coefficient (Wildman–Crippen LogP) is 1.72. The first-order valence-electron chi connectivity index (χ1n) is 6.21. The Kier molecular flexibility index (Phi) is 4.68. The Bertz CT molecular complexity index is 404. The molecule has 0 aliphatic heterocycles. The van der Waals surface area contributed by atoms with Crippen molar-refractivity contribution >= 4 is 11.8 Å². The summed E-state index contributed by atoms with van der Waals surface area (Å²) in [5.41, 5.74) is 0.0858. The molecule has 4 heteroatoms. The third kappa shape index (κ3) is 3.61. The summed E-state index contributed by atoms with van der Waals surface area (Å²) in [7, 11) is 0. The van der Waals surface area contributed by atoms with E-state index in [1.54, 1.807) is 16.7 Å². The molecule has 0 spiro atoms. The summed E-state index contributed by atoms with van der Waals surface area (Å²) in [6, 6.07) is 5.94. The summed E-state index contributed by atoms with van der Waals surface area (Å²) < 4.78 is 1.76. The van der Waals surface area contributed by atoms with Crippen LogP contribution in [0, 0.1) is 0 Å². The highest BCUT2D eigenvalue weighted by atomic mass is 32.2. The number of pyridine rings is 1. The molecule has 2 atom stereocenters. The van der Waals surface area contributed by atoms with Crippen molar-refractivity contribution in [3.63, 3.8) is 0 Å². The van der Waals surface area contributed by atoms with Crippen LogP contribution in [0.25, 0.3) is 0 Å². The maximum Gasteiger partial charge on any atom is 0.250 e. The molecule has 0 aromatic carbocycles. The molecular weight excluding hydrogens is 232 g/mol. The van der Waals surface area contributed by atoms with E-state index in [4.69, 9.17) is 0 Å². The maximum atomic E-state index is 11.5. The van der Waals surface area contributed by atoms with Crippen LogP contribution in [0.1, 0.15) is 19.3 Å². The minimum absolute atomic E-state index is 0.0858. The molecular formula is C13H20N2OS. The van der Waals surface area contributed by atoms with Crippen LogP contribution in [0.3, 0.4) is 0 Å². The first-order chi connectivity index (χ1) is 8.29. The molecule has 0 saturated heterocycles. The van der Waals surface area contributed by atoms with Gasteiger partial charge in [0, 0.05) is 36.6 Å². The van der Waals surface area contributed by atoms with E-state index in [2.05, 4.69) is 11.6 Å². The van der Waals surface area contributed by atoms with Gasteiger partial charge >= 0.3 is 0 Å². The molecule has 1 aromatic rings. The summed E-state index contributed by atoms with van der Waals surface area (Å²) in [5.74, 6) is 0. The van der Waals surface area contributed by atoms with Crippen LogP contribution < -0.4 is 10.9 Å². The van der Waals surface area contributed by atoms with Crippen molar-refractivity contribution in [1.29, 1.82) is 0 Å². The largest absolute Gasteiger partial charge is 0.314 e. The highest BCUT2D eigenvalue weighted by molar-refractivity contribution is 7.99. The Morgan fingerprint density at radius 1 is 1.47 bits per heavy atom. The molecule has 1 heterocycles. The van der Waals surface area contributed by atoms with Gasteiger partial charge in [0.05, 0.1) is 0 Å². The number of rotatable bonds is 5. The van der Waals surface area contributed by atoms with E-state index in [1.165, 1.54) is 19.3 Å². The zero-order chi connectivity index (χ0) is 12.1. The van der Waals surface area contributed by atoms with Crippen molar-refractivity contribution in [2.24, 2.45) is 0 Å². The van der Waals surface area contributed by atoms with Crippen LogP contribution in [-0.2, 0) is 6.54 Å². The molecule has 2 unspecified atom stereocenters. The van der Waals surface area contributed by atoms with Gasteiger partial charge < -0.3 is 9.88 Å². The van der Waals surface area contributed by atoms with Crippen LogP contribution >= 0.6 is 11.8 Å². The van der Waals surface area contributed by atoms with Crippen LogP contribution in [0.4, 0.5) is 0 Å². The van der Waals surface area contributed by atoms with Crippen LogP contribution in [0.5, 0.6) is 0 Å². The van der Waals surface area contributed by atoms with Crippen LogP contribution in [0.15, 0.2) is 29.2 Å². The first kappa shape index (κ1) is 12.7. The number of thioether (sulfide) groups is 1. The molecule has 3 nitrogen and oxygen atoms in total. The van der Waals surface area contributed by atoms with Crippen molar-refractivity contribution in [2.45, 2.75) is 37.1 Å². The average Bonchev–Trinajstić information content (AvgIpc) is 2.80. The quantitative estimate of drug-likeness (QED) is 0.866. The second-order valence-corrected chi connectivity index (χ2v) is 5.69. The van der Waals surface area contributed by atoms with Gasteiger partial charge in [-0.3, -0.25) is 4.79 Å². The standard InChI is InChI=1S/C13H20N2OS/c1-17-12-6-5-11(10-12)14-7-9-15-8-3-2-4-13(15)16/h2-4,8,11-12,14H,5-7,9-10H2,1H3. The van der Waals surface area contributed by atoms with E-state index in [1.807, 2.05) is 24.0 Å².